The van der Waals surface area contributed by atoms with Gasteiger partial charge in [0, 0.05) is 22.2 Å². The lowest BCUT2D eigenvalue weighted by atomic mass is 9.85. The average Bonchev–Trinajstić information content (AvgIpc) is 2.48. The molecule has 2 radical (unpaired) electrons. The predicted octanol–water partition coefficient (Wildman–Crippen LogP) is 2.39. The summed E-state index contributed by atoms with van der Waals surface area (Å²) in [6.45, 7) is 0. The van der Waals surface area contributed by atoms with Crippen LogP contribution in [0.15, 0.2) is 36.4 Å². The van der Waals surface area contributed by atoms with Crippen molar-refractivity contribution in [3.8, 4) is 11.5 Å². The van der Waals surface area contributed by atoms with Gasteiger partial charge in [0.05, 0.1) is 7.11 Å². The van der Waals surface area contributed by atoms with Gasteiger partial charge in [-0.25, -0.2) is 0 Å². The number of benzene rings is 2. The van der Waals surface area contributed by atoms with E-state index >= 15 is 0 Å². The average molecular weight is 299 g/mol. The largest absolute Gasteiger partial charge is 0.497 e. The fourth-order valence-corrected chi connectivity index (χ4v) is 2.45. The molecule has 104 valence electrons. The number of hydrogen-bond donors (Lipinski definition) is 1. The number of aliphatic hydroxyl groups excluding tert-OH is 1. The van der Waals surface area contributed by atoms with Gasteiger partial charge in [0.2, 0.25) is 6.29 Å². The van der Waals surface area contributed by atoms with Crippen molar-refractivity contribution in [1.29, 1.82) is 0 Å². The Bertz CT molecular complexity index is 727. The SMILES string of the molecule is [B]c1ccc(Cl)cc1C1=Cc2ccc(OC)cc2OC1O. The maximum Gasteiger partial charge on any atom is 0.224 e. The van der Waals surface area contributed by atoms with E-state index in [0.717, 1.165) is 5.56 Å². The van der Waals surface area contributed by atoms with Gasteiger partial charge in [-0.05, 0) is 35.9 Å². The summed E-state index contributed by atoms with van der Waals surface area (Å²) in [6, 6.07) is 10.5. The predicted molar refractivity (Wildman–Crippen MR) is 84.3 cm³/mol. The first-order valence-corrected chi connectivity index (χ1v) is 6.76. The second-order valence-electron chi connectivity index (χ2n) is 4.71. The van der Waals surface area contributed by atoms with E-state index in [0.29, 0.717) is 33.1 Å². The number of ether oxygens (including phenoxy) is 2. The van der Waals surface area contributed by atoms with Gasteiger partial charge in [-0.1, -0.05) is 23.1 Å². The Morgan fingerprint density at radius 2 is 2.05 bits per heavy atom. The van der Waals surface area contributed by atoms with Crippen LogP contribution in [-0.4, -0.2) is 26.4 Å². The first-order valence-electron chi connectivity index (χ1n) is 6.38. The molecular formula is C16H12BClO3. The number of methoxy groups -OCH3 is 1. The minimum atomic E-state index is -1.11. The van der Waals surface area contributed by atoms with Gasteiger partial charge < -0.3 is 14.6 Å². The maximum absolute atomic E-state index is 10.2. The Hall–Kier alpha value is -1.91. The lowest BCUT2D eigenvalue weighted by Crippen LogP contribution is -2.24. The van der Waals surface area contributed by atoms with Crippen LogP contribution < -0.4 is 14.9 Å². The van der Waals surface area contributed by atoms with Crippen molar-refractivity contribution in [2.45, 2.75) is 6.29 Å². The van der Waals surface area contributed by atoms with Crippen LogP contribution in [0.1, 0.15) is 11.1 Å². The molecule has 1 heterocycles. The summed E-state index contributed by atoms with van der Waals surface area (Å²) in [4.78, 5) is 0. The number of hydrogen-bond acceptors (Lipinski definition) is 3. The molecule has 0 fully saturated rings. The minimum absolute atomic E-state index is 0.533. The lowest BCUT2D eigenvalue weighted by molar-refractivity contribution is 0.0319. The van der Waals surface area contributed by atoms with E-state index in [-0.39, 0.29) is 0 Å². The van der Waals surface area contributed by atoms with Crippen LogP contribution in [0, 0.1) is 0 Å². The summed E-state index contributed by atoms with van der Waals surface area (Å²) in [5.41, 5.74) is 2.62. The second kappa shape index (κ2) is 5.47. The summed E-state index contributed by atoms with van der Waals surface area (Å²) >= 11 is 6.00. The topological polar surface area (TPSA) is 38.7 Å². The summed E-state index contributed by atoms with van der Waals surface area (Å²) in [6.07, 6.45) is 0.732. The Labute approximate surface area is 129 Å². The van der Waals surface area contributed by atoms with Crippen molar-refractivity contribution >= 4 is 36.6 Å². The Balaban J connectivity index is 2.10. The zero-order valence-corrected chi connectivity index (χ0v) is 12.1. The fraction of sp³-hybridized carbons (Fsp3) is 0.125. The molecule has 0 saturated carbocycles. The molecule has 1 unspecified atom stereocenters. The van der Waals surface area contributed by atoms with Crippen molar-refractivity contribution in [3.63, 3.8) is 0 Å². The molecule has 0 bridgehead atoms. The zero-order chi connectivity index (χ0) is 15.0. The lowest BCUT2D eigenvalue weighted by Gasteiger charge is -2.25. The molecule has 0 aliphatic carbocycles. The number of rotatable bonds is 2. The third-order valence-corrected chi connectivity index (χ3v) is 3.60. The van der Waals surface area contributed by atoms with Gasteiger partial charge in [-0.3, -0.25) is 0 Å². The number of fused-ring (bicyclic) bond motifs is 1. The highest BCUT2D eigenvalue weighted by Crippen LogP contribution is 2.35. The second-order valence-corrected chi connectivity index (χ2v) is 5.14. The van der Waals surface area contributed by atoms with Crippen molar-refractivity contribution in [2.75, 3.05) is 7.11 Å². The van der Waals surface area contributed by atoms with E-state index < -0.39 is 6.29 Å². The fourth-order valence-electron chi connectivity index (χ4n) is 2.27. The number of aliphatic hydroxyl groups is 1. The molecule has 1 N–H and O–H groups in total. The van der Waals surface area contributed by atoms with Gasteiger partial charge in [-0.2, -0.15) is 0 Å². The molecular weight excluding hydrogens is 286 g/mol. The van der Waals surface area contributed by atoms with Gasteiger partial charge in [0.25, 0.3) is 0 Å². The number of halogens is 1. The standard InChI is InChI=1S/C16H12BClO3/c1-20-11-4-2-9-6-13(16(19)21-15(9)8-11)12-7-10(18)3-5-14(12)17/h2-8,16,19H,1H3. The molecule has 0 saturated heterocycles. The molecule has 2 aromatic rings. The zero-order valence-electron chi connectivity index (χ0n) is 11.3. The van der Waals surface area contributed by atoms with Crippen LogP contribution in [0.5, 0.6) is 11.5 Å². The van der Waals surface area contributed by atoms with Crippen molar-refractivity contribution in [3.05, 3.63) is 52.5 Å². The van der Waals surface area contributed by atoms with Crippen molar-refractivity contribution in [1.82, 2.24) is 0 Å². The van der Waals surface area contributed by atoms with Crippen LogP contribution in [-0.2, 0) is 0 Å². The highest BCUT2D eigenvalue weighted by molar-refractivity contribution is 6.36. The molecule has 21 heavy (non-hydrogen) atoms. The van der Waals surface area contributed by atoms with Gasteiger partial charge in [0.1, 0.15) is 19.3 Å². The smallest absolute Gasteiger partial charge is 0.224 e. The Kier molecular flexibility index (Phi) is 3.66. The Morgan fingerprint density at radius 1 is 1.24 bits per heavy atom. The van der Waals surface area contributed by atoms with Gasteiger partial charge in [0.15, 0.2) is 0 Å². The van der Waals surface area contributed by atoms with E-state index in [1.165, 1.54) is 0 Å². The molecule has 3 rings (SSSR count). The van der Waals surface area contributed by atoms with E-state index in [2.05, 4.69) is 0 Å². The van der Waals surface area contributed by atoms with Gasteiger partial charge >= 0.3 is 0 Å². The van der Waals surface area contributed by atoms with Crippen molar-refractivity contribution < 1.29 is 14.6 Å². The Morgan fingerprint density at radius 3 is 2.81 bits per heavy atom. The summed E-state index contributed by atoms with van der Waals surface area (Å²) in [5, 5.41) is 10.8. The normalized spacial score (nSPS) is 16.7. The molecule has 3 nitrogen and oxygen atoms in total. The van der Waals surface area contributed by atoms with Crippen LogP contribution in [0.25, 0.3) is 11.6 Å². The molecule has 0 amide bonds. The highest BCUT2D eigenvalue weighted by atomic mass is 35.5. The van der Waals surface area contributed by atoms with Gasteiger partial charge in [-0.15, -0.1) is 0 Å². The molecule has 1 aliphatic heterocycles. The van der Waals surface area contributed by atoms with Crippen molar-refractivity contribution in [2.24, 2.45) is 0 Å². The molecule has 1 atom stereocenters. The van der Waals surface area contributed by atoms with E-state index in [1.54, 1.807) is 31.4 Å². The molecule has 1 aliphatic rings. The molecule has 5 heteroatoms. The van der Waals surface area contributed by atoms with Crippen LogP contribution >= 0.6 is 11.6 Å². The summed E-state index contributed by atoms with van der Waals surface area (Å²) in [7, 11) is 7.54. The first-order chi connectivity index (χ1) is 10.1. The highest BCUT2D eigenvalue weighted by Gasteiger charge is 2.23. The first kappa shape index (κ1) is 14.0. The van der Waals surface area contributed by atoms with Crippen LogP contribution in [0.2, 0.25) is 5.02 Å². The van der Waals surface area contributed by atoms with E-state index in [4.69, 9.17) is 28.9 Å². The third-order valence-electron chi connectivity index (χ3n) is 3.36. The van der Waals surface area contributed by atoms with Crippen LogP contribution in [0.3, 0.4) is 0 Å². The maximum atomic E-state index is 10.2. The summed E-state index contributed by atoms with van der Waals surface area (Å²) in [5.74, 6) is 1.23. The minimum Gasteiger partial charge on any atom is -0.497 e. The van der Waals surface area contributed by atoms with E-state index in [9.17, 15) is 5.11 Å². The molecule has 2 aromatic carbocycles. The third kappa shape index (κ3) is 2.65. The molecule has 0 aromatic heterocycles. The monoisotopic (exact) mass is 298 g/mol. The quantitative estimate of drug-likeness (QED) is 0.865. The molecule has 0 spiro atoms. The van der Waals surface area contributed by atoms with Crippen LogP contribution in [0.4, 0.5) is 0 Å². The summed E-state index contributed by atoms with van der Waals surface area (Å²) < 4.78 is 10.7. The van der Waals surface area contributed by atoms with E-state index in [1.807, 2.05) is 18.2 Å².